The highest BCUT2D eigenvalue weighted by Crippen LogP contribution is 2.46. The van der Waals surface area contributed by atoms with Crippen molar-refractivity contribution in [1.29, 1.82) is 5.26 Å². The predicted octanol–water partition coefficient (Wildman–Crippen LogP) is 5.11. The van der Waals surface area contributed by atoms with E-state index in [0.29, 0.717) is 30.7 Å². The monoisotopic (exact) mass is 465 g/mol. The van der Waals surface area contributed by atoms with Crippen molar-refractivity contribution in [2.75, 3.05) is 6.61 Å². The number of hydrogen-bond donors (Lipinski definition) is 1. The van der Waals surface area contributed by atoms with Crippen molar-refractivity contribution in [2.24, 2.45) is 0 Å². The third-order valence-electron chi connectivity index (χ3n) is 7.92. The van der Waals surface area contributed by atoms with Gasteiger partial charge < -0.3 is 14.7 Å². The van der Waals surface area contributed by atoms with E-state index in [2.05, 4.69) is 35.3 Å². The average Bonchev–Trinajstić information content (AvgIpc) is 3.20. The maximum absolute atomic E-state index is 13.4. The number of aromatic nitrogens is 1. The van der Waals surface area contributed by atoms with Gasteiger partial charge in [0.05, 0.1) is 17.3 Å². The van der Waals surface area contributed by atoms with E-state index in [4.69, 9.17) is 4.74 Å². The molecule has 0 spiro atoms. The second kappa shape index (κ2) is 8.51. The Morgan fingerprint density at radius 1 is 1.06 bits per heavy atom. The second-order valence-electron chi connectivity index (χ2n) is 9.93. The van der Waals surface area contributed by atoms with Gasteiger partial charge >= 0.3 is 6.09 Å². The summed E-state index contributed by atoms with van der Waals surface area (Å²) >= 11 is 0. The van der Waals surface area contributed by atoms with Crippen LogP contribution in [0.3, 0.4) is 0 Å². The smallest absolute Gasteiger partial charge is 0.410 e. The maximum Gasteiger partial charge on any atom is 0.410 e. The highest BCUT2D eigenvalue weighted by atomic mass is 16.6. The minimum absolute atomic E-state index is 0.0193. The Kier molecular flexibility index (Phi) is 5.31. The molecule has 35 heavy (non-hydrogen) atoms. The Morgan fingerprint density at radius 2 is 1.69 bits per heavy atom. The van der Waals surface area contributed by atoms with Crippen molar-refractivity contribution in [2.45, 2.75) is 55.7 Å². The molecule has 0 radical (unpaired) electrons. The number of rotatable bonds is 3. The summed E-state index contributed by atoms with van der Waals surface area (Å²) in [6.07, 6.45) is 4.72. The first-order chi connectivity index (χ1) is 17.1. The largest absolute Gasteiger partial charge is 0.448 e. The van der Waals surface area contributed by atoms with Crippen LogP contribution >= 0.6 is 0 Å². The molecule has 2 atom stereocenters. The molecule has 3 aliphatic rings. The summed E-state index contributed by atoms with van der Waals surface area (Å²) in [6.45, 7) is 0.291. The van der Waals surface area contributed by atoms with Gasteiger partial charge in [0, 0.05) is 37.0 Å². The van der Waals surface area contributed by atoms with E-state index in [1.165, 1.54) is 22.3 Å². The lowest BCUT2D eigenvalue weighted by molar-refractivity contribution is -0.0913. The minimum Gasteiger partial charge on any atom is -0.448 e. The number of amides is 1. The Morgan fingerprint density at radius 3 is 2.31 bits per heavy atom. The molecule has 3 aromatic rings. The third kappa shape index (κ3) is 3.67. The number of hydrogen-bond acceptors (Lipinski definition) is 5. The molecule has 0 saturated carbocycles. The SMILES string of the molecule is N#Cc1ccnc(C2(O)CC3CCCC(C2)N3C(=O)OCC2c3ccccc3-c3ccccc32)c1. The molecular formula is C29H27N3O3. The summed E-state index contributed by atoms with van der Waals surface area (Å²) in [5.41, 5.74) is 4.64. The van der Waals surface area contributed by atoms with Crippen LogP contribution in [0.2, 0.25) is 0 Å². The van der Waals surface area contributed by atoms with E-state index in [-0.39, 0.29) is 24.1 Å². The number of pyridine rings is 1. The molecule has 2 bridgehead atoms. The minimum atomic E-state index is -1.15. The quantitative estimate of drug-likeness (QED) is 0.581. The zero-order chi connectivity index (χ0) is 24.0. The highest BCUT2D eigenvalue weighted by Gasteiger charge is 2.49. The van der Waals surface area contributed by atoms with Gasteiger partial charge in [-0.15, -0.1) is 0 Å². The van der Waals surface area contributed by atoms with Gasteiger partial charge in [0.1, 0.15) is 12.2 Å². The highest BCUT2D eigenvalue weighted by molar-refractivity contribution is 5.79. The van der Waals surface area contributed by atoms with Gasteiger partial charge in [0.15, 0.2) is 0 Å². The van der Waals surface area contributed by atoms with Crippen molar-refractivity contribution >= 4 is 6.09 Å². The van der Waals surface area contributed by atoms with Gasteiger partial charge in [-0.25, -0.2) is 4.79 Å². The summed E-state index contributed by atoms with van der Waals surface area (Å²) in [6, 6.07) is 21.8. The van der Waals surface area contributed by atoms with Crippen LogP contribution in [0.25, 0.3) is 11.1 Å². The number of fused-ring (bicyclic) bond motifs is 5. The van der Waals surface area contributed by atoms with Crippen molar-refractivity contribution in [1.82, 2.24) is 9.88 Å². The summed E-state index contributed by atoms with van der Waals surface area (Å²) < 4.78 is 5.97. The lowest BCUT2D eigenvalue weighted by Crippen LogP contribution is -2.59. The van der Waals surface area contributed by atoms with Gasteiger partial charge in [-0.2, -0.15) is 5.26 Å². The molecule has 1 aliphatic carbocycles. The van der Waals surface area contributed by atoms with Crippen molar-refractivity contribution in [3.05, 3.63) is 89.2 Å². The van der Waals surface area contributed by atoms with E-state index in [0.717, 1.165) is 19.3 Å². The first kappa shape index (κ1) is 21.8. The Bertz CT molecular complexity index is 1270. The normalized spacial score (nSPS) is 24.9. The lowest BCUT2D eigenvalue weighted by Gasteiger charge is -2.51. The number of piperidine rings is 2. The molecule has 1 amide bonds. The molecule has 3 heterocycles. The van der Waals surface area contributed by atoms with Gasteiger partial charge in [-0.1, -0.05) is 48.5 Å². The molecule has 2 saturated heterocycles. The molecule has 176 valence electrons. The fourth-order valence-electron chi connectivity index (χ4n) is 6.36. The summed E-state index contributed by atoms with van der Waals surface area (Å²) in [5, 5.41) is 20.8. The number of aliphatic hydroxyl groups is 1. The molecule has 2 aromatic carbocycles. The molecule has 6 nitrogen and oxygen atoms in total. The van der Waals surface area contributed by atoms with E-state index in [1.54, 1.807) is 18.3 Å². The molecule has 2 fully saturated rings. The molecule has 1 N–H and O–H groups in total. The van der Waals surface area contributed by atoms with Crippen LogP contribution in [0.5, 0.6) is 0 Å². The number of benzene rings is 2. The molecular weight excluding hydrogens is 438 g/mol. The first-order valence-corrected chi connectivity index (χ1v) is 12.3. The molecule has 2 aliphatic heterocycles. The first-order valence-electron chi connectivity index (χ1n) is 12.3. The zero-order valence-electron chi connectivity index (χ0n) is 19.4. The number of carbonyl (C=O) groups is 1. The third-order valence-corrected chi connectivity index (χ3v) is 7.92. The molecule has 1 aromatic heterocycles. The number of nitriles is 1. The van der Waals surface area contributed by atoms with Crippen LogP contribution in [0, 0.1) is 11.3 Å². The summed E-state index contributed by atoms with van der Waals surface area (Å²) in [4.78, 5) is 19.6. The molecule has 6 heteroatoms. The van der Waals surface area contributed by atoms with Crippen LogP contribution in [0.4, 0.5) is 4.79 Å². The lowest BCUT2D eigenvalue weighted by atomic mass is 9.74. The van der Waals surface area contributed by atoms with Crippen LogP contribution < -0.4 is 0 Å². The predicted molar refractivity (Wildman–Crippen MR) is 130 cm³/mol. The van der Waals surface area contributed by atoms with Crippen molar-refractivity contribution in [3.63, 3.8) is 0 Å². The standard InChI is InChI=1S/C29H27N3O3/c30-17-19-12-13-31-27(14-19)29(34)15-20-6-5-7-21(16-29)32(20)28(33)35-18-26-24-10-3-1-8-22(24)23-9-2-4-11-25(23)26/h1-4,8-14,20-21,26,34H,5-7,15-16,18H2. The van der Waals surface area contributed by atoms with E-state index in [9.17, 15) is 15.2 Å². The maximum atomic E-state index is 13.4. The van der Waals surface area contributed by atoms with Crippen molar-refractivity contribution < 1.29 is 14.6 Å². The topological polar surface area (TPSA) is 86.5 Å². The fourth-order valence-corrected chi connectivity index (χ4v) is 6.36. The molecule has 2 unspecified atom stereocenters. The van der Waals surface area contributed by atoms with Crippen LogP contribution in [0.1, 0.15) is 60.4 Å². The van der Waals surface area contributed by atoms with Crippen LogP contribution in [-0.2, 0) is 10.3 Å². The fraction of sp³-hybridized carbons (Fsp3) is 0.345. The Hall–Kier alpha value is -3.69. The van der Waals surface area contributed by atoms with Gasteiger partial charge in [-0.3, -0.25) is 4.98 Å². The zero-order valence-corrected chi connectivity index (χ0v) is 19.4. The average molecular weight is 466 g/mol. The number of ether oxygens (including phenoxy) is 1. The van der Waals surface area contributed by atoms with E-state index in [1.807, 2.05) is 29.2 Å². The van der Waals surface area contributed by atoms with Gasteiger partial charge in [0.2, 0.25) is 0 Å². The number of nitrogens with zero attached hydrogens (tertiary/aromatic N) is 3. The summed E-state index contributed by atoms with van der Waals surface area (Å²) in [5.74, 6) is 0.0193. The van der Waals surface area contributed by atoms with Gasteiger partial charge in [-0.05, 0) is 53.6 Å². The Balaban J connectivity index is 1.21. The Labute approximate surface area is 204 Å². The summed E-state index contributed by atoms with van der Waals surface area (Å²) in [7, 11) is 0. The van der Waals surface area contributed by atoms with Crippen molar-refractivity contribution in [3.8, 4) is 17.2 Å². The van der Waals surface area contributed by atoms with Gasteiger partial charge in [0.25, 0.3) is 0 Å². The second-order valence-corrected chi connectivity index (χ2v) is 9.93. The van der Waals surface area contributed by atoms with E-state index < -0.39 is 5.60 Å². The van der Waals surface area contributed by atoms with Crippen LogP contribution in [0.15, 0.2) is 66.9 Å². The van der Waals surface area contributed by atoms with Crippen LogP contribution in [-0.4, -0.2) is 39.8 Å². The van der Waals surface area contributed by atoms with E-state index >= 15 is 0 Å². The molecule has 6 rings (SSSR count). The number of carbonyl (C=O) groups excluding carboxylic acids is 1.